The van der Waals surface area contributed by atoms with Crippen LogP contribution in [0, 0.1) is 0 Å². The van der Waals surface area contributed by atoms with E-state index in [1.165, 1.54) is 9.80 Å². The van der Waals surface area contributed by atoms with Crippen LogP contribution in [0.3, 0.4) is 0 Å². The number of nitrogens with zero attached hydrogens (tertiary/aromatic N) is 2. The fourth-order valence-electron chi connectivity index (χ4n) is 2.70. The van der Waals surface area contributed by atoms with E-state index in [9.17, 15) is 19.2 Å². The van der Waals surface area contributed by atoms with Crippen LogP contribution in [0.25, 0.3) is 0 Å². The molecule has 196 valence electrons. The molecule has 0 aliphatic carbocycles. The monoisotopic (exact) mass is 494 g/mol. The number of carbonyl (C=O) groups excluding carboxylic acids is 2. The van der Waals surface area contributed by atoms with Crippen molar-refractivity contribution in [1.29, 1.82) is 0 Å². The predicted molar refractivity (Wildman–Crippen MR) is 113 cm³/mol. The third-order valence-electron chi connectivity index (χ3n) is 4.37. The van der Waals surface area contributed by atoms with Crippen LogP contribution in [0.15, 0.2) is 0 Å². The molecule has 0 aromatic rings. The number of aliphatic carboxylic acids is 2. The molecular weight excluding hydrogens is 460 g/mol. The zero-order chi connectivity index (χ0) is 25.0. The van der Waals surface area contributed by atoms with Crippen LogP contribution >= 0.6 is 0 Å². The molecule has 1 rings (SSSR count). The number of carbonyl (C=O) groups is 4. The van der Waals surface area contributed by atoms with Crippen LogP contribution in [0.2, 0.25) is 0 Å². The van der Waals surface area contributed by atoms with Gasteiger partial charge in [0.1, 0.15) is 26.4 Å². The SMILES string of the molecule is O=C(O)COCC(=O)N1CCOCCOCCN(C(=O)COCC(=O)O)CCOCCOCC1. The summed E-state index contributed by atoms with van der Waals surface area (Å²) in [5, 5.41) is 17.2. The van der Waals surface area contributed by atoms with E-state index >= 15 is 0 Å². The number of ether oxygens (including phenoxy) is 6. The normalized spacial score (nSPS) is 18.0. The third-order valence-corrected chi connectivity index (χ3v) is 4.37. The number of amides is 2. The van der Waals surface area contributed by atoms with Crippen LogP contribution in [0.5, 0.6) is 0 Å². The van der Waals surface area contributed by atoms with Gasteiger partial charge in [0.05, 0.1) is 52.9 Å². The minimum atomic E-state index is -1.15. The van der Waals surface area contributed by atoms with Crippen molar-refractivity contribution in [2.24, 2.45) is 0 Å². The minimum Gasteiger partial charge on any atom is -0.480 e. The quantitative estimate of drug-likeness (QED) is 0.378. The zero-order valence-electron chi connectivity index (χ0n) is 19.2. The molecule has 1 aliphatic heterocycles. The second-order valence-corrected chi connectivity index (χ2v) is 6.98. The summed E-state index contributed by atoms with van der Waals surface area (Å²) < 4.78 is 31.6. The first kappa shape index (κ1) is 29.7. The van der Waals surface area contributed by atoms with Crippen molar-refractivity contribution < 1.29 is 57.8 Å². The first-order valence-corrected chi connectivity index (χ1v) is 10.9. The highest BCUT2D eigenvalue weighted by molar-refractivity contribution is 5.78. The lowest BCUT2D eigenvalue weighted by Crippen LogP contribution is -2.40. The van der Waals surface area contributed by atoms with Gasteiger partial charge in [-0.25, -0.2) is 9.59 Å². The smallest absolute Gasteiger partial charge is 0.329 e. The van der Waals surface area contributed by atoms with Gasteiger partial charge in [0.25, 0.3) is 0 Å². The van der Waals surface area contributed by atoms with Crippen LogP contribution in [-0.2, 0) is 47.6 Å². The van der Waals surface area contributed by atoms with E-state index in [1.54, 1.807) is 0 Å². The van der Waals surface area contributed by atoms with Crippen LogP contribution in [0.4, 0.5) is 0 Å². The van der Waals surface area contributed by atoms with E-state index in [4.69, 9.17) is 38.6 Å². The molecule has 0 bridgehead atoms. The Hall–Kier alpha value is -2.36. The maximum absolute atomic E-state index is 12.3. The van der Waals surface area contributed by atoms with E-state index in [2.05, 4.69) is 0 Å². The van der Waals surface area contributed by atoms with E-state index < -0.39 is 25.2 Å². The highest BCUT2D eigenvalue weighted by Gasteiger charge is 2.16. The number of hydrogen-bond donors (Lipinski definition) is 2. The van der Waals surface area contributed by atoms with Gasteiger partial charge in [-0.3, -0.25) is 9.59 Å². The average Bonchev–Trinajstić information content (AvgIpc) is 2.78. The predicted octanol–water partition coefficient (Wildman–Crippen LogP) is -2.07. The first-order valence-electron chi connectivity index (χ1n) is 10.9. The fraction of sp³-hybridized carbons (Fsp3) is 0.800. The van der Waals surface area contributed by atoms with Gasteiger partial charge in [-0.05, 0) is 0 Å². The number of rotatable bonds is 8. The lowest BCUT2D eigenvalue weighted by atomic mass is 10.4. The maximum atomic E-state index is 12.3. The van der Waals surface area contributed by atoms with Crippen molar-refractivity contribution in [1.82, 2.24) is 9.80 Å². The van der Waals surface area contributed by atoms with Gasteiger partial charge in [-0.15, -0.1) is 0 Å². The van der Waals surface area contributed by atoms with E-state index in [-0.39, 0.29) is 104 Å². The fourth-order valence-corrected chi connectivity index (χ4v) is 2.70. The number of hydrogen-bond acceptors (Lipinski definition) is 10. The lowest BCUT2D eigenvalue weighted by molar-refractivity contribution is -0.148. The Morgan fingerprint density at radius 1 is 0.529 bits per heavy atom. The summed E-state index contributed by atoms with van der Waals surface area (Å²) in [7, 11) is 0. The van der Waals surface area contributed by atoms with Crippen LogP contribution in [-0.4, -0.2) is 149 Å². The first-order chi connectivity index (χ1) is 16.4. The summed E-state index contributed by atoms with van der Waals surface area (Å²) in [5.74, 6) is -3.05. The summed E-state index contributed by atoms with van der Waals surface area (Å²) >= 11 is 0. The molecule has 1 fully saturated rings. The summed E-state index contributed by atoms with van der Waals surface area (Å²) in [4.78, 5) is 48.5. The van der Waals surface area contributed by atoms with Crippen molar-refractivity contribution in [3.63, 3.8) is 0 Å². The van der Waals surface area contributed by atoms with Gasteiger partial charge in [-0.1, -0.05) is 0 Å². The molecule has 0 atom stereocenters. The van der Waals surface area contributed by atoms with Crippen molar-refractivity contribution >= 4 is 23.8 Å². The second-order valence-electron chi connectivity index (χ2n) is 6.98. The summed E-state index contributed by atoms with van der Waals surface area (Å²) in [6, 6.07) is 0. The maximum Gasteiger partial charge on any atom is 0.329 e. The summed E-state index contributed by atoms with van der Waals surface area (Å²) in [5.41, 5.74) is 0. The van der Waals surface area contributed by atoms with Crippen molar-refractivity contribution in [3.05, 3.63) is 0 Å². The van der Waals surface area contributed by atoms with Crippen LogP contribution in [0.1, 0.15) is 0 Å². The molecule has 34 heavy (non-hydrogen) atoms. The molecule has 0 radical (unpaired) electrons. The van der Waals surface area contributed by atoms with Crippen LogP contribution < -0.4 is 0 Å². The highest BCUT2D eigenvalue weighted by atomic mass is 16.5. The van der Waals surface area contributed by atoms with Gasteiger partial charge >= 0.3 is 11.9 Å². The highest BCUT2D eigenvalue weighted by Crippen LogP contribution is 1.97. The molecule has 1 saturated heterocycles. The molecule has 0 aromatic heterocycles. The van der Waals surface area contributed by atoms with Crippen molar-refractivity contribution in [2.75, 3.05) is 105 Å². The van der Waals surface area contributed by atoms with Gasteiger partial charge in [-0.2, -0.15) is 0 Å². The number of carboxylic acids is 2. The summed E-state index contributed by atoms with van der Waals surface area (Å²) in [6.07, 6.45) is 0. The van der Waals surface area contributed by atoms with Gasteiger partial charge < -0.3 is 48.4 Å². The molecule has 14 nitrogen and oxygen atoms in total. The Morgan fingerprint density at radius 3 is 1.09 bits per heavy atom. The summed E-state index contributed by atoms with van der Waals surface area (Å²) in [6.45, 7) is 1.31. The average molecular weight is 494 g/mol. The molecule has 1 heterocycles. The van der Waals surface area contributed by atoms with Gasteiger partial charge in [0.15, 0.2) is 0 Å². The molecule has 14 heteroatoms. The molecule has 0 unspecified atom stereocenters. The largest absolute Gasteiger partial charge is 0.480 e. The molecule has 0 saturated carbocycles. The van der Waals surface area contributed by atoms with E-state index in [0.717, 1.165) is 0 Å². The van der Waals surface area contributed by atoms with E-state index in [1.807, 2.05) is 0 Å². The van der Waals surface area contributed by atoms with E-state index in [0.29, 0.717) is 0 Å². The molecule has 2 amide bonds. The minimum absolute atomic E-state index is 0.239. The van der Waals surface area contributed by atoms with Crippen molar-refractivity contribution in [3.8, 4) is 0 Å². The Kier molecular flexibility index (Phi) is 16.6. The molecule has 1 aliphatic rings. The molecule has 0 spiro atoms. The Morgan fingerprint density at radius 2 is 0.824 bits per heavy atom. The van der Waals surface area contributed by atoms with Gasteiger partial charge in [0, 0.05) is 26.2 Å². The standard InChI is InChI=1S/C20H34N2O12/c23-17(13-33-15-19(25)26)21-1-5-29-9-10-31-7-3-22(18(24)14-34-16-20(27)28)4-8-32-12-11-30-6-2-21/h1-16H2,(H,25,26)(H,27,28). The third kappa shape index (κ3) is 15.5. The Balaban J connectivity index is 2.47. The molecule has 2 N–H and O–H groups in total. The number of carboxylic acid groups (broad SMARTS) is 2. The topological polar surface area (TPSA) is 171 Å². The molecule has 0 aromatic carbocycles. The second kappa shape index (κ2) is 19.0. The van der Waals surface area contributed by atoms with Gasteiger partial charge in [0.2, 0.25) is 11.8 Å². The Labute approximate surface area is 197 Å². The molecular formula is C20H34N2O12. The zero-order valence-corrected chi connectivity index (χ0v) is 19.2. The lowest BCUT2D eigenvalue weighted by Gasteiger charge is -2.24. The van der Waals surface area contributed by atoms with Crippen molar-refractivity contribution in [2.45, 2.75) is 0 Å². The Bertz CT molecular complexity index is 546.